The van der Waals surface area contributed by atoms with Crippen LogP contribution in [-0.2, 0) is 34.0 Å². The summed E-state index contributed by atoms with van der Waals surface area (Å²) in [5.41, 5.74) is 0. The Hall–Kier alpha value is -3.28. The predicted octanol–water partition coefficient (Wildman–Crippen LogP) is 2.71. The van der Waals surface area contributed by atoms with Gasteiger partial charge in [-0.3, -0.25) is 0 Å². The Bertz CT molecular complexity index is 392. The molecule has 0 amide bonds. The lowest BCUT2D eigenvalue weighted by molar-refractivity contribution is -0.512. The van der Waals surface area contributed by atoms with Crippen molar-refractivity contribution in [2.45, 2.75) is 26.7 Å². The second-order valence-electron chi connectivity index (χ2n) is 3.88. The molecule has 0 aromatic carbocycles. The number of carboxylic acids is 4. The van der Waals surface area contributed by atoms with E-state index in [0.29, 0.717) is 13.2 Å². The summed E-state index contributed by atoms with van der Waals surface area (Å²) in [5, 5.41) is 34.7. The van der Waals surface area contributed by atoms with Crippen LogP contribution in [-0.4, -0.2) is 57.5 Å². The highest BCUT2D eigenvalue weighted by atomic mass is 17.5. The Morgan fingerprint density at radius 2 is 0.793 bits per heavy atom. The maximum atomic E-state index is 9.25. The molecule has 0 atom stereocenters. The number of carbonyl (C=O) groups is 4. The Balaban J connectivity index is -0.0000000853. The van der Waals surface area contributed by atoms with Crippen LogP contribution >= 0.6 is 0 Å². The summed E-state index contributed by atoms with van der Waals surface area (Å²) in [6.45, 7) is 17.0. The Morgan fingerprint density at radius 3 is 0.897 bits per heavy atom. The van der Waals surface area contributed by atoms with Crippen molar-refractivity contribution in [2.24, 2.45) is 0 Å². The van der Waals surface area contributed by atoms with Gasteiger partial charge in [0.05, 0.1) is 13.2 Å². The van der Waals surface area contributed by atoms with E-state index in [9.17, 15) is 19.2 Å². The first-order chi connectivity index (χ1) is 13.5. The lowest BCUT2D eigenvalue weighted by atomic mass is 10.5. The monoisotopic (exact) mass is 422 g/mol. The van der Waals surface area contributed by atoms with E-state index in [1.807, 2.05) is 13.8 Å². The quantitative estimate of drug-likeness (QED) is 0.176. The summed E-state index contributed by atoms with van der Waals surface area (Å²) >= 11 is 0. The van der Waals surface area contributed by atoms with Crippen LogP contribution in [0.3, 0.4) is 0 Å². The zero-order chi connectivity index (χ0) is 24.1. The molecule has 0 heterocycles. The Morgan fingerprint density at radius 1 is 0.621 bits per heavy atom. The molecule has 0 aromatic rings. The van der Waals surface area contributed by atoms with E-state index >= 15 is 0 Å². The molecular weight excluding hydrogens is 392 g/mol. The van der Waals surface area contributed by atoms with Gasteiger partial charge in [-0.25, -0.2) is 29.0 Å². The van der Waals surface area contributed by atoms with Gasteiger partial charge in [-0.05, 0) is 12.8 Å². The minimum atomic E-state index is -0.981. The van der Waals surface area contributed by atoms with Gasteiger partial charge in [-0.15, -0.1) is 0 Å². The van der Waals surface area contributed by atoms with Crippen molar-refractivity contribution < 1.29 is 54.4 Å². The number of aliphatic carboxylic acids is 4. The fourth-order valence-electron chi connectivity index (χ4n) is 0.269. The molecule has 0 rings (SSSR count). The molecule has 0 fully saturated rings. The number of hydrogen-bond donors (Lipinski definition) is 4. The summed E-state index contributed by atoms with van der Waals surface area (Å²) in [6.07, 6.45) is 5.21. The molecule has 0 aliphatic rings. The minimum Gasteiger partial charge on any atom is -0.478 e. The van der Waals surface area contributed by atoms with Crippen LogP contribution in [0.15, 0.2) is 50.6 Å². The van der Waals surface area contributed by atoms with Crippen LogP contribution in [0.5, 0.6) is 0 Å². The van der Waals surface area contributed by atoms with Crippen LogP contribution in [0.25, 0.3) is 0 Å². The maximum absolute atomic E-state index is 9.25. The molecule has 11 nitrogen and oxygen atoms in total. The molecular formula is C18H30O11. The van der Waals surface area contributed by atoms with Gasteiger partial charge < -0.3 is 20.4 Å². The van der Waals surface area contributed by atoms with Gasteiger partial charge in [-0.1, -0.05) is 45.2 Å². The van der Waals surface area contributed by atoms with Crippen molar-refractivity contribution in [3.63, 3.8) is 0 Å². The second kappa shape index (κ2) is 35.8. The third-order valence-electron chi connectivity index (χ3n) is 1.37. The van der Waals surface area contributed by atoms with Gasteiger partial charge in [0.1, 0.15) is 0 Å². The topological polar surface area (TPSA) is 177 Å². The molecule has 0 spiro atoms. The van der Waals surface area contributed by atoms with E-state index in [1.165, 1.54) is 0 Å². The fourth-order valence-corrected chi connectivity index (χ4v) is 0.269. The molecule has 11 heteroatoms. The molecule has 0 saturated heterocycles. The summed E-state index contributed by atoms with van der Waals surface area (Å²) in [4.78, 5) is 46.1. The van der Waals surface area contributed by atoms with Crippen molar-refractivity contribution in [1.82, 2.24) is 0 Å². The second-order valence-corrected chi connectivity index (χ2v) is 3.88. The molecule has 0 unspecified atom stereocenters. The van der Waals surface area contributed by atoms with Crippen LogP contribution in [0.2, 0.25) is 0 Å². The normalized spacial score (nSPS) is 7.52. The van der Waals surface area contributed by atoms with Gasteiger partial charge in [-0.2, -0.15) is 0 Å². The van der Waals surface area contributed by atoms with Crippen molar-refractivity contribution in [3.05, 3.63) is 50.6 Å². The first kappa shape index (κ1) is 36.6. The number of rotatable bonds is 10. The molecule has 0 aliphatic heterocycles. The van der Waals surface area contributed by atoms with E-state index in [-0.39, 0.29) is 0 Å². The lowest BCUT2D eigenvalue weighted by Gasteiger charge is -1.98. The van der Waals surface area contributed by atoms with Crippen molar-refractivity contribution >= 4 is 23.9 Å². The predicted molar refractivity (Wildman–Crippen MR) is 105 cm³/mol. The van der Waals surface area contributed by atoms with Crippen LogP contribution in [0, 0.1) is 0 Å². The summed E-state index contributed by atoms with van der Waals surface area (Å²) < 4.78 is 0. The number of hydrogen-bond acceptors (Lipinski definition) is 7. The molecule has 4 N–H and O–H groups in total. The zero-order valence-corrected chi connectivity index (χ0v) is 16.6. The van der Waals surface area contributed by atoms with Crippen molar-refractivity contribution in [2.75, 3.05) is 13.2 Å². The zero-order valence-electron chi connectivity index (χ0n) is 16.6. The molecule has 0 radical (unpaired) electrons. The fraction of sp³-hybridized carbons (Fsp3) is 0.333. The van der Waals surface area contributed by atoms with E-state index < -0.39 is 23.9 Å². The standard InChI is InChI=1S/C6H14O3.4C3H4O2/c1-3-5-7-9-8-6-4-2;4*1-2-3(4)5/h3-6H2,1-2H3;4*2H,1H2,(H,4,5). The highest BCUT2D eigenvalue weighted by molar-refractivity contribution is 5.79. The van der Waals surface area contributed by atoms with E-state index in [1.54, 1.807) is 0 Å². The van der Waals surface area contributed by atoms with E-state index in [0.717, 1.165) is 37.1 Å². The molecule has 29 heavy (non-hydrogen) atoms. The maximum Gasteiger partial charge on any atom is 0.327 e. The average molecular weight is 422 g/mol. The summed E-state index contributed by atoms with van der Waals surface area (Å²) in [5.74, 6) is -3.93. The SMILES string of the molecule is C=CC(=O)O.C=CC(=O)O.C=CC(=O)O.C=CC(=O)O.CCCOOOCCC. The molecule has 0 saturated carbocycles. The molecule has 0 bridgehead atoms. The van der Waals surface area contributed by atoms with Gasteiger partial charge in [0.15, 0.2) is 0 Å². The smallest absolute Gasteiger partial charge is 0.327 e. The molecule has 0 aromatic heterocycles. The van der Waals surface area contributed by atoms with Gasteiger partial charge in [0.25, 0.3) is 0 Å². The summed E-state index contributed by atoms with van der Waals surface area (Å²) in [6, 6.07) is 0. The third kappa shape index (κ3) is 111. The van der Waals surface area contributed by atoms with Crippen LogP contribution < -0.4 is 0 Å². The van der Waals surface area contributed by atoms with Crippen molar-refractivity contribution in [1.29, 1.82) is 0 Å². The Labute approximate surface area is 169 Å². The number of carboxylic acid groups (broad SMARTS) is 4. The van der Waals surface area contributed by atoms with Crippen LogP contribution in [0.1, 0.15) is 26.7 Å². The van der Waals surface area contributed by atoms with E-state index in [4.69, 9.17) is 20.4 Å². The van der Waals surface area contributed by atoms with Crippen LogP contribution in [0.4, 0.5) is 0 Å². The minimum absolute atomic E-state index is 0.587. The largest absolute Gasteiger partial charge is 0.478 e. The Kier molecular flexibility index (Phi) is 45.1. The molecule has 0 aliphatic carbocycles. The average Bonchev–Trinajstić information content (AvgIpc) is 2.69. The van der Waals surface area contributed by atoms with Gasteiger partial charge in [0, 0.05) is 24.3 Å². The van der Waals surface area contributed by atoms with Crippen molar-refractivity contribution in [3.8, 4) is 0 Å². The van der Waals surface area contributed by atoms with Gasteiger partial charge in [0.2, 0.25) is 0 Å². The van der Waals surface area contributed by atoms with E-state index in [2.05, 4.69) is 41.1 Å². The lowest BCUT2D eigenvalue weighted by Crippen LogP contribution is -1.97. The highest BCUT2D eigenvalue weighted by Crippen LogP contribution is 1.85. The summed E-state index contributed by atoms with van der Waals surface area (Å²) in [7, 11) is 0. The van der Waals surface area contributed by atoms with Gasteiger partial charge >= 0.3 is 23.9 Å². The third-order valence-corrected chi connectivity index (χ3v) is 1.37. The first-order valence-corrected chi connectivity index (χ1v) is 7.82. The highest BCUT2D eigenvalue weighted by Gasteiger charge is 1.84. The first-order valence-electron chi connectivity index (χ1n) is 7.82. The molecule has 168 valence electrons.